The number of nitrogens with one attached hydrogen (secondary N) is 2. The molecular weight excluding hydrogens is 422 g/mol. The third kappa shape index (κ3) is 4.24. The molecule has 0 aliphatic heterocycles. The van der Waals surface area contributed by atoms with Crippen LogP contribution in [0.3, 0.4) is 0 Å². The summed E-state index contributed by atoms with van der Waals surface area (Å²) in [7, 11) is 0. The van der Waals surface area contributed by atoms with E-state index in [9.17, 15) is 9.59 Å². The second kappa shape index (κ2) is 8.33. The molecule has 9 heteroatoms. The summed E-state index contributed by atoms with van der Waals surface area (Å²) in [6.07, 6.45) is 1.49. The number of nitrogens with zero attached hydrogens (tertiary/aromatic N) is 3. The first-order valence-electron chi connectivity index (χ1n) is 9.14. The summed E-state index contributed by atoms with van der Waals surface area (Å²) in [4.78, 5) is 32.0. The Morgan fingerprint density at radius 1 is 1.20 bits per heavy atom. The standard InChI is InChI=1S/C21H18ClN5O2S/c1-12-3-7-15(8-4-12)27-19-16(10-23-27)20(29)26-21(25-19)30-11-18(28)24-17-9-14(22)6-5-13(17)2/h3-10H,11H2,1-2H3,(H,24,28)(H,25,26,29). The van der Waals surface area contributed by atoms with Gasteiger partial charge in [0.25, 0.3) is 5.56 Å². The topological polar surface area (TPSA) is 92.7 Å². The molecule has 2 aromatic heterocycles. The Morgan fingerprint density at radius 3 is 2.73 bits per heavy atom. The molecule has 152 valence electrons. The van der Waals surface area contributed by atoms with Crippen LogP contribution in [0.2, 0.25) is 5.02 Å². The van der Waals surface area contributed by atoms with Crippen LogP contribution in [0.5, 0.6) is 0 Å². The fourth-order valence-corrected chi connectivity index (χ4v) is 3.72. The van der Waals surface area contributed by atoms with E-state index in [0.29, 0.717) is 26.9 Å². The number of benzene rings is 2. The van der Waals surface area contributed by atoms with Gasteiger partial charge in [-0.15, -0.1) is 0 Å². The molecule has 0 bridgehead atoms. The van der Waals surface area contributed by atoms with Crippen LogP contribution in [-0.4, -0.2) is 31.4 Å². The van der Waals surface area contributed by atoms with Crippen LogP contribution in [0.1, 0.15) is 11.1 Å². The van der Waals surface area contributed by atoms with Crippen molar-refractivity contribution in [3.05, 3.63) is 75.2 Å². The number of fused-ring (bicyclic) bond motifs is 1. The van der Waals surface area contributed by atoms with E-state index < -0.39 is 0 Å². The Kier molecular flexibility index (Phi) is 5.61. The largest absolute Gasteiger partial charge is 0.325 e. The lowest BCUT2D eigenvalue weighted by Gasteiger charge is -2.08. The number of anilines is 1. The predicted molar refractivity (Wildman–Crippen MR) is 120 cm³/mol. The van der Waals surface area contributed by atoms with E-state index in [1.54, 1.807) is 16.8 Å². The van der Waals surface area contributed by atoms with Crippen LogP contribution >= 0.6 is 23.4 Å². The first-order chi connectivity index (χ1) is 14.4. The first-order valence-corrected chi connectivity index (χ1v) is 10.5. The maximum atomic E-state index is 12.4. The van der Waals surface area contributed by atoms with Gasteiger partial charge in [-0.25, -0.2) is 9.67 Å². The maximum Gasteiger partial charge on any atom is 0.262 e. The third-order valence-electron chi connectivity index (χ3n) is 4.51. The van der Waals surface area contributed by atoms with Gasteiger partial charge in [0.15, 0.2) is 10.8 Å². The van der Waals surface area contributed by atoms with Crippen molar-refractivity contribution in [2.24, 2.45) is 0 Å². The number of carbonyl (C=O) groups excluding carboxylic acids is 1. The minimum absolute atomic E-state index is 0.0824. The summed E-state index contributed by atoms with van der Waals surface area (Å²) < 4.78 is 1.61. The van der Waals surface area contributed by atoms with Crippen LogP contribution in [-0.2, 0) is 4.79 Å². The Labute approximate surface area is 181 Å². The summed E-state index contributed by atoms with van der Waals surface area (Å²) in [5, 5.41) is 8.41. The van der Waals surface area contributed by atoms with Crippen molar-refractivity contribution in [1.29, 1.82) is 0 Å². The molecule has 0 aliphatic rings. The van der Waals surface area contributed by atoms with E-state index in [4.69, 9.17) is 11.6 Å². The molecule has 1 amide bonds. The van der Waals surface area contributed by atoms with Crippen molar-refractivity contribution in [3.8, 4) is 5.69 Å². The van der Waals surface area contributed by atoms with Crippen molar-refractivity contribution >= 4 is 46.0 Å². The number of H-pyrrole nitrogens is 1. The molecular formula is C21H18ClN5O2S. The average Bonchev–Trinajstić information content (AvgIpc) is 3.14. The Balaban J connectivity index is 1.55. The molecule has 2 aromatic carbocycles. The number of hydrogen-bond donors (Lipinski definition) is 2. The van der Waals surface area contributed by atoms with E-state index in [2.05, 4.69) is 20.4 Å². The molecule has 30 heavy (non-hydrogen) atoms. The summed E-state index contributed by atoms with van der Waals surface area (Å²) in [6, 6.07) is 13.1. The zero-order valence-corrected chi connectivity index (χ0v) is 17.8. The summed E-state index contributed by atoms with van der Waals surface area (Å²) in [5.41, 5.74) is 3.63. The van der Waals surface area contributed by atoms with Gasteiger partial charge in [0.05, 0.1) is 17.6 Å². The number of amides is 1. The number of aromatic nitrogens is 4. The van der Waals surface area contributed by atoms with Crippen molar-refractivity contribution in [3.63, 3.8) is 0 Å². The van der Waals surface area contributed by atoms with E-state index in [-0.39, 0.29) is 17.2 Å². The van der Waals surface area contributed by atoms with Crippen molar-refractivity contribution < 1.29 is 4.79 Å². The summed E-state index contributed by atoms with van der Waals surface area (Å²) in [6.45, 7) is 3.89. The van der Waals surface area contributed by atoms with E-state index in [1.807, 2.05) is 44.2 Å². The molecule has 4 rings (SSSR count). The number of halogens is 1. The lowest BCUT2D eigenvalue weighted by molar-refractivity contribution is -0.113. The molecule has 2 N–H and O–H groups in total. The van der Waals surface area contributed by atoms with Crippen LogP contribution in [0.15, 0.2) is 58.6 Å². The van der Waals surface area contributed by atoms with Crippen LogP contribution in [0.4, 0.5) is 5.69 Å². The fraction of sp³-hybridized carbons (Fsp3) is 0.143. The second-order valence-electron chi connectivity index (χ2n) is 6.80. The quantitative estimate of drug-likeness (QED) is 0.360. The van der Waals surface area contributed by atoms with E-state index in [1.165, 1.54) is 6.20 Å². The molecule has 0 saturated heterocycles. The summed E-state index contributed by atoms with van der Waals surface area (Å²) in [5.74, 6) is -0.140. The molecule has 0 atom stereocenters. The highest BCUT2D eigenvalue weighted by atomic mass is 35.5. The molecule has 4 aromatic rings. The molecule has 2 heterocycles. The lowest BCUT2D eigenvalue weighted by atomic mass is 10.2. The highest BCUT2D eigenvalue weighted by Crippen LogP contribution is 2.22. The minimum Gasteiger partial charge on any atom is -0.325 e. The molecule has 7 nitrogen and oxygen atoms in total. The fourth-order valence-electron chi connectivity index (χ4n) is 2.89. The Morgan fingerprint density at radius 2 is 1.97 bits per heavy atom. The van der Waals surface area contributed by atoms with Crippen LogP contribution in [0.25, 0.3) is 16.7 Å². The zero-order chi connectivity index (χ0) is 21.3. The van der Waals surface area contributed by atoms with E-state index in [0.717, 1.165) is 28.6 Å². The maximum absolute atomic E-state index is 12.4. The normalized spacial score (nSPS) is 11.0. The predicted octanol–water partition coefficient (Wildman–Crippen LogP) is 4.11. The monoisotopic (exact) mass is 439 g/mol. The molecule has 0 saturated carbocycles. The van der Waals surface area contributed by atoms with Gasteiger partial charge < -0.3 is 10.3 Å². The van der Waals surface area contributed by atoms with Gasteiger partial charge in [0, 0.05) is 10.7 Å². The number of thioether (sulfide) groups is 1. The van der Waals surface area contributed by atoms with E-state index >= 15 is 0 Å². The first kappa shape index (κ1) is 20.2. The number of aromatic amines is 1. The van der Waals surface area contributed by atoms with Crippen LogP contribution < -0.4 is 10.9 Å². The zero-order valence-electron chi connectivity index (χ0n) is 16.3. The van der Waals surface area contributed by atoms with Gasteiger partial charge in [-0.05, 0) is 43.7 Å². The number of rotatable bonds is 5. The van der Waals surface area contributed by atoms with Gasteiger partial charge in [-0.2, -0.15) is 5.10 Å². The number of aryl methyl sites for hydroxylation is 2. The second-order valence-corrected chi connectivity index (χ2v) is 8.20. The number of hydrogen-bond acceptors (Lipinski definition) is 5. The van der Waals surface area contributed by atoms with Crippen molar-refractivity contribution in [1.82, 2.24) is 19.7 Å². The highest BCUT2D eigenvalue weighted by Gasteiger charge is 2.13. The molecule has 0 unspecified atom stereocenters. The van der Waals surface area contributed by atoms with Crippen molar-refractivity contribution in [2.45, 2.75) is 19.0 Å². The van der Waals surface area contributed by atoms with Gasteiger partial charge in [-0.3, -0.25) is 9.59 Å². The van der Waals surface area contributed by atoms with Gasteiger partial charge in [0.1, 0.15) is 5.39 Å². The summed E-state index contributed by atoms with van der Waals surface area (Å²) >= 11 is 7.14. The highest BCUT2D eigenvalue weighted by molar-refractivity contribution is 7.99. The Hall–Kier alpha value is -3.10. The smallest absolute Gasteiger partial charge is 0.262 e. The van der Waals surface area contributed by atoms with Gasteiger partial charge in [0.2, 0.25) is 5.91 Å². The number of carbonyl (C=O) groups is 1. The molecule has 0 spiro atoms. The lowest BCUT2D eigenvalue weighted by Crippen LogP contribution is -2.16. The Bertz CT molecular complexity index is 1300. The average molecular weight is 440 g/mol. The van der Waals surface area contributed by atoms with Gasteiger partial charge >= 0.3 is 0 Å². The van der Waals surface area contributed by atoms with Crippen molar-refractivity contribution in [2.75, 3.05) is 11.1 Å². The minimum atomic E-state index is -0.299. The SMILES string of the molecule is Cc1ccc(-n2ncc3c(=O)[nH]c(SCC(=O)Nc4cc(Cl)ccc4C)nc32)cc1. The third-order valence-corrected chi connectivity index (χ3v) is 5.62. The van der Waals surface area contributed by atoms with Crippen LogP contribution in [0, 0.1) is 13.8 Å². The molecule has 0 aliphatic carbocycles. The molecule has 0 fully saturated rings. The van der Waals surface area contributed by atoms with Gasteiger partial charge in [-0.1, -0.05) is 47.1 Å². The molecule has 0 radical (unpaired) electrons.